The maximum absolute atomic E-state index is 13.9. The van der Waals surface area contributed by atoms with Gasteiger partial charge in [-0.05, 0) is 60.3 Å². The lowest BCUT2D eigenvalue weighted by Gasteiger charge is -2.32. The van der Waals surface area contributed by atoms with Crippen molar-refractivity contribution in [1.29, 1.82) is 0 Å². The average molecular weight is 550 g/mol. The summed E-state index contributed by atoms with van der Waals surface area (Å²) < 4.78 is 58.4. The molecule has 1 heterocycles. The maximum Gasteiger partial charge on any atom is 0.416 e. The Balaban J connectivity index is 1.90. The van der Waals surface area contributed by atoms with Crippen molar-refractivity contribution in [2.24, 2.45) is 5.73 Å². The highest BCUT2D eigenvalue weighted by Gasteiger charge is 2.38. The predicted octanol–water partition coefficient (Wildman–Crippen LogP) is 4.43. The number of nitrogens with zero attached hydrogens (tertiary/aromatic N) is 2. The van der Waals surface area contributed by atoms with Crippen molar-refractivity contribution < 1.29 is 31.9 Å². The van der Waals surface area contributed by atoms with Crippen LogP contribution in [-0.4, -0.2) is 28.1 Å². The standard InChI is InChI=1S/C25H23F4N5O3S/c26-15-10-8-13(9-11-15)20(23(36)32-16-5-1-2-6-16)34(17-7-3-4-14(12-17)25(27,28)29)24(37)21-18(30)19(22(31)35)33-38-21/h3-4,7-12,16,20H,1-2,5-6,30H2,(H2,31,35)(H,32,36). The van der Waals surface area contributed by atoms with Crippen LogP contribution in [-0.2, 0) is 11.0 Å². The minimum Gasteiger partial charge on any atom is -0.395 e. The lowest BCUT2D eigenvalue weighted by molar-refractivity contribution is -0.137. The van der Waals surface area contributed by atoms with E-state index in [9.17, 15) is 31.9 Å². The first-order chi connectivity index (χ1) is 18.0. The molecule has 2 aromatic carbocycles. The van der Waals surface area contributed by atoms with E-state index in [2.05, 4.69) is 9.69 Å². The largest absolute Gasteiger partial charge is 0.416 e. The first-order valence-corrected chi connectivity index (χ1v) is 12.4. The van der Waals surface area contributed by atoms with Crippen LogP contribution >= 0.6 is 11.5 Å². The second-order valence-electron chi connectivity index (χ2n) is 8.81. The van der Waals surface area contributed by atoms with E-state index in [0.29, 0.717) is 24.4 Å². The molecule has 0 radical (unpaired) electrons. The van der Waals surface area contributed by atoms with Gasteiger partial charge in [-0.1, -0.05) is 31.0 Å². The summed E-state index contributed by atoms with van der Waals surface area (Å²) in [6, 6.07) is 6.87. The van der Waals surface area contributed by atoms with Gasteiger partial charge in [0, 0.05) is 11.7 Å². The molecule has 13 heteroatoms. The Bertz CT molecular complexity index is 1350. The molecule has 38 heavy (non-hydrogen) atoms. The van der Waals surface area contributed by atoms with E-state index in [0.717, 1.165) is 48.1 Å². The Morgan fingerprint density at radius 1 is 1.08 bits per heavy atom. The fourth-order valence-corrected chi connectivity index (χ4v) is 5.11. The number of nitrogens with two attached hydrogens (primary N) is 2. The van der Waals surface area contributed by atoms with Gasteiger partial charge in [0.05, 0.1) is 11.3 Å². The van der Waals surface area contributed by atoms with Crippen molar-refractivity contribution in [1.82, 2.24) is 9.69 Å². The van der Waals surface area contributed by atoms with Crippen LogP contribution < -0.4 is 21.7 Å². The number of hydrogen-bond acceptors (Lipinski definition) is 6. The fourth-order valence-electron chi connectivity index (χ4n) is 4.37. The summed E-state index contributed by atoms with van der Waals surface area (Å²) in [7, 11) is 0. The van der Waals surface area contributed by atoms with Gasteiger partial charge in [0.1, 0.15) is 16.7 Å². The molecule has 8 nitrogen and oxygen atoms in total. The topological polar surface area (TPSA) is 131 Å². The number of benzene rings is 2. The number of rotatable bonds is 7. The molecule has 1 aromatic heterocycles. The monoisotopic (exact) mass is 549 g/mol. The number of halogens is 4. The van der Waals surface area contributed by atoms with Crippen molar-refractivity contribution in [3.63, 3.8) is 0 Å². The summed E-state index contributed by atoms with van der Waals surface area (Å²) in [5.74, 6) is -3.27. The molecule has 0 saturated heterocycles. The number of nitrogen functional groups attached to an aromatic ring is 1. The number of nitrogens with one attached hydrogen (secondary N) is 1. The second kappa shape index (κ2) is 10.8. The number of anilines is 2. The van der Waals surface area contributed by atoms with Gasteiger partial charge in [-0.2, -0.15) is 17.5 Å². The minimum absolute atomic E-state index is 0.144. The van der Waals surface area contributed by atoms with E-state index >= 15 is 0 Å². The molecule has 1 aliphatic rings. The Morgan fingerprint density at radius 2 is 1.74 bits per heavy atom. The Kier molecular flexibility index (Phi) is 7.67. The number of primary amides is 1. The van der Waals surface area contributed by atoms with Crippen LogP contribution in [0.4, 0.5) is 28.9 Å². The summed E-state index contributed by atoms with van der Waals surface area (Å²) in [4.78, 5) is 39.8. The molecule has 3 aromatic rings. The zero-order valence-electron chi connectivity index (χ0n) is 19.8. The second-order valence-corrected chi connectivity index (χ2v) is 9.58. The Hall–Kier alpha value is -4.00. The zero-order chi connectivity index (χ0) is 27.6. The average Bonchev–Trinajstić information content (AvgIpc) is 3.52. The lowest BCUT2D eigenvalue weighted by Crippen LogP contribution is -2.46. The number of alkyl halides is 3. The fraction of sp³-hybridized carbons (Fsp3) is 0.280. The minimum atomic E-state index is -4.75. The summed E-state index contributed by atoms with van der Waals surface area (Å²) in [6.45, 7) is 0. The molecule has 1 unspecified atom stereocenters. The third kappa shape index (κ3) is 5.62. The molecule has 1 fully saturated rings. The van der Waals surface area contributed by atoms with E-state index in [1.807, 2.05) is 0 Å². The number of carbonyl (C=O) groups is 3. The Morgan fingerprint density at radius 3 is 2.32 bits per heavy atom. The molecule has 1 aliphatic carbocycles. The molecule has 3 amide bonds. The number of carbonyl (C=O) groups excluding carboxylic acids is 3. The Labute approximate surface area is 218 Å². The van der Waals surface area contributed by atoms with Crippen LogP contribution in [0.1, 0.15) is 63.0 Å². The third-order valence-electron chi connectivity index (χ3n) is 6.22. The smallest absolute Gasteiger partial charge is 0.395 e. The summed E-state index contributed by atoms with van der Waals surface area (Å²) in [5, 5.41) is 2.87. The SMILES string of the molecule is NC(=O)c1nsc(C(=O)N(c2cccc(C(F)(F)F)c2)C(C(=O)NC2CCCC2)c2ccc(F)cc2)c1N. The number of hydrogen-bond donors (Lipinski definition) is 3. The van der Waals surface area contributed by atoms with E-state index in [4.69, 9.17) is 11.5 Å². The normalized spacial score (nSPS) is 14.7. The van der Waals surface area contributed by atoms with E-state index in [1.54, 1.807) is 0 Å². The van der Waals surface area contributed by atoms with Crippen LogP contribution in [0.3, 0.4) is 0 Å². The van der Waals surface area contributed by atoms with Gasteiger partial charge >= 0.3 is 6.18 Å². The molecule has 0 spiro atoms. The molecular weight excluding hydrogens is 526 g/mol. The van der Waals surface area contributed by atoms with Gasteiger partial charge in [0.2, 0.25) is 5.91 Å². The van der Waals surface area contributed by atoms with E-state index < -0.39 is 41.3 Å². The van der Waals surface area contributed by atoms with Gasteiger partial charge in [-0.3, -0.25) is 19.3 Å². The van der Waals surface area contributed by atoms with Crippen molar-refractivity contribution in [3.05, 3.63) is 76.0 Å². The summed E-state index contributed by atoms with van der Waals surface area (Å²) in [5.41, 5.74) is 9.30. The summed E-state index contributed by atoms with van der Waals surface area (Å²) >= 11 is 0.524. The van der Waals surface area contributed by atoms with Crippen molar-refractivity contribution in [2.75, 3.05) is 10.6 Å². The zero-order valence-corrected chi connectivity index (χ0v) is 20.6. The molecule has 4 rings (SSSR count). The van der Waals surface area contributed by atoms with Gasteiger partial charge in [-0.25, -0.2) is 4.39 Å². The third-order valence-corrected chi connectivity index (χ3v) is 7.07. The molecule has 0 aliphatic heterocycles. The van der Waals surface area contributed by atoms with Gasteiger partial charge in [0.15, 0.2) is 5.69 Å². The molecule has 5 N–H and O–H groups in total. The highest BCUT2D eigenvalue weighted by Crippen LogP contribution is 2.37. The lowest BCUT2D eigenvalue weighted by atomic mass is 10.0. The van der Waals surface area contributed by atoms with E-state index in [1.165, 1.54) is 18.2 Å². The first-order valence-electron chi connectivity index (χ1n) is 11.6. The van der Waals surface area contributed by atoms with Crippen LogP contribution in [0.25, 0.3) is 0 Å². The number of amides is 3. The molecule has 1 saturated carbocycles. The highest BCUT2D eigenvalue weighted by atomic mass is 32.1. The maximum atomic E-state index is 13.9. The van der Waals surface area contributed by atoms with Crippen LogP contribution in [0.5, 0.6) is 0 Å². The quantitative estimate of drug-likeness (QED) is 0.375. The van der Waals surface area contributed by atoms with Crippen LogP contribution in [0.2, 0.25) is 0 Å². The van der Waals surface area contributed by atoms with E-state index in [-0.39, 0.29) is 33.6 Å². The molecular formula is C25H23F4N5O3S. The highest BCUT2D eigenvalue weighted by molar-refractivity contribution is 7.09. The van der Waals surface area contributed by atoms with Gasteiger partial charge in [0.25, 0.3) is 11.8 Å². The summed E-state index contributed by atoms with van der Waals surface area (Å²) in [6.07, 6.45) is -1.58. The van der Waals surface area contributed by atoms with Crippen molar-refractivity contribution in [2.45, 2.75) is 43.9 Å². The molecule has 200 valence electrons. The van der Waals surface area contributed by atoms with Crippen molar-refractivity contribution >= 4 is 40.6 Å². The molecule has 0 bridgehead atoms. The number of aromatic nitrogens is 1. The van der Waals surface area contributed by atoms with Crippen LogP contribution in [0.15, 0.2) is 48.5 Å². The van der Waals surface area contributed by atoms with Crippen molar-refractivity contribution in [3.8, 4) is 0 Å². The predicted molar refractivity (Wildman–Crippen MR) is 133 cm³/mol. The first kappa shape index (κ1) is 27.0. The van der Waals surface area contributed by atoms with Gasteiger partial charge in [-0.15, -0.1) is 0 Å². The molecule has 1 atom stereocenters. The van der Waals surface area contributed by atoms with Gasteiger partial charge < -0.3 is 16.8 Å². The van der Waals surface area contributed by atoms with Crippen LogP contribution in [0, 0.1) is 5.82 Å².